The third kappa shape index (κ3) is 1.86. The maximum absolute atomic E-state index is 5.46. The van der Waals surface area contributed by atoms with Crippen molar-refractivity contribution < 1.29 is 4.74 Å². The Labute approximate surface area is 107 Å². The predicted octanol–water partition coefficient (Wildman–Crippen LogP) is 2.34. The van der Waals surface area contributed by atoms with Gasteiger partial charge in [-0.15, -0.1) is 11.3 Å². The molecule has 0 saturated heterocycles. The summed E-state index contributed by atoms with van der Waals surface area (Å²) in [5.74, 6) is 1.06. The van der Waals surface area contributed by atoms with E-state index in [4.69, 9.17) is 10.5 Å². The number of hydrogen-bond acceptors (Lipinski definition) is 6. The highest BCUT2D eigenvalue weighted by Crippen LogP contribution is 2.31. The van der Waals surface area contributed by atoms with Crippen molar-refractivity contribution in [2.45, 2.75) is 0 Å². The number of nitrogens with zero attached hydrogens (tertiary/aromatic N) is 3. The Morgan fingerprint density at radius 2 is 2.00 bits per heavy atom. The lowest BCUT2D eigenvalue weighted by atomic mass is 10.3. The van der Waals surface area contributed by atoms with E-state index in [0.29, 0.717) is 0 Å². The molecule has 0 spiro atoms. The summed E-state index contributed by atoms with van der Waals surface area (Å²) in [6.45, 7) is 0. The van der Waals surface area contributed by atoms with E-state index in [0.717, 1.165) is 26.5 Å². The summed E-state index contributed by atoms with van der Waals surface area (Å²) < 4.78 is 6.28. The highest BCUT2D eigenvalue weighted by Gasteiger charge is 2.07. The number of nitrogen functional groups attached to an aromatic ring is 1. The highest BCUT2D eigenvalue weighted by molar-refractivity contribution is 7.21. The Balaban J connectivity index is 2.10. The fraction of sp³-hybridized carbons (Fsp3) is 0.0833. The number of nitrogens with two attached hydrogens (primary N) is 1. The topological polar surface area (TPSA) is 73.9 Å². The van der Waals surface area contributed by atoms with E-state index in [9.17, 15) is 0 Å². The van der Waals surface area contributed by atoms with Crippen LogP contribution in [0.25, 0.3) is 20.8 Å². The number of benzene rings is 1. The molecule has 0 unspecified atom stereocenters. The summed E-state index contributed by atoms with van der Waals surface area (Å²) >= 11 is 1.59. The summed E-state index contributed by atoms with van der Waals surface area (Å²) in [5.41, 5.74) is 7.24. The SMILES string of the molecule is COc1ccc2sc(-c3cnc(N)nc3)nc2c1. The molecule has 3 aromatic rings. The second-order valence-electron chi connectivity index (χ2n) is 3.68. The van der Waals surface area contributed by atoms with Gasteiger partial charge in [-0.3, -0.25) is 0 Å². The summed E-state index contributed by atoms with van der Waals surface area (Å²) in [5, 5.41) is 0.873. The maximum atomic E-state index is 5.46. The summed E-state index contributed by atoms with van der Waals surface area (Å²) in [4.78, 5) is 12.5. The van der Waals surface area contributed by atoms with E-state index in [1.165, 1.54) is 0 Å². The molecule has 6 heteroatoms. The first-order valence-electron chi connectivity index (χ1n) is 5.29. The van der Waals surface area contributed by atoms with E-state index < -0.39 is 0 Å². The maximum Gasteiger partial charge on any atom is 0.219 e. The van der Waals surface area contributed by atoms with Gasteiger partial charge < -0.3 is 10.5 Å². The Kier molecular flexibility index (Phi) is 2.56. The fourth-order valence-corrected chi connectivity index (χ4v) is 2.53. The molecule has 0 bridgehead atoms. The van der Waals surface area contributed by atoms with E-state index in [2.05, 4.69) is 15.0 Å². The Hall–Kier alpha value is -2.21. The van der Waals surface area contributed by atoms with Crippen LogP contribution in [0.2, 0.25) is 0 Å². The van der Waals surface area contributed by atoms with Gasteiger partial charge in [-0.05, 0) is 12.1 Å². The quantitative estimate of drug-likeness (QED) is 0.763. The molecule has 2 N–H and O–H groups in total. The highest BCUT2D eigenvalue weighted by atomic mass is 32.1. The van der Waals surface area contributed by atoms with Crippen LogP contribution in [-0.4, -0.2) is 22.1 Å². The zero-order valence-corrected chi connectivity index (χ0v) is 10.4. The zero-order chi connectivity index (χ0) is 12.5. The number of thiazole rings is 1. The van der Waals surface area contributed by atoms with Crippen LogP contribution in [-0.2, 0) is 0 Å². The molecule has 0 amide bonds. The van der Waals surface area contributed by atoms with Crippen molar-refractivity contribution in [3.05, 3.63) is 30.6 Å². The lowest BCUT2D eigenvalue weighted by molar-refractivity contribution is 0.415. The molecule has 2 aromatic heterocycles. The van der Waals surface area contributed by atoms with Crippen molar-refractivity contribution in [2.24, 2.45) is 0 Å². The number of hydrogen-bond donors (Lipinski definition) is 1. The molecule has 2 heterocycles. The molecule has 1 aromatic carbocycles. The first-order chi connectivity index (χ1) is 8.76. The van der Waals surface area contributed by atoms with Crippen LogP contribution in [0.3, 0.4) is 0 Å². The minimum atomic E-state index is 0.265. The van der Waals surface area contributed by atoms with Gasteiger partial charge in [-0.1, -0.05) is 0 Å². The van der Waals surface area contributed by atoms with Gasteiger partial charge in [-0.2, -0.15) is 0 Å². The molecule has 0 aliphatic rings. The van der Waals surface area contributed by atoms with Crippen LogP contribution in [0, 0.1) is 0 Å². The third-order valence-electron chi connectivity index (χ3n) is 2.51. The van der Waals surface area contributed by atoms with Crippen LogP contribution in [0.4, 0.5) is 5.95 Å². The first kappa shape index (κ1) is 10.9. The average Bonchev–Trinajstić information content (AvgIpc) is 2.82. The van der Waals surface area contributed by atoms with Crippen LogP contribution in [0.1, 0.15) is 0 Å². The largest absolute Gasteiger partial charge is 0.497 e. The molecule has 0 radical (unpaired) electrons. The third-order valence-corrected chi connectivity index (χ3v) is 3.60. The Morgan fingerprint density at radius 3 is 2.72 bits per heavy atom. The molecule has 0 aliphatic heterocycles. The number of methoxy groups -OCH3 is 1. The molecule has 18 heavy (non-hydrogen) atoms. The standard InChI is InChI=1S/C12H10N4OS/c1-17-8-2-3-10-9(4-8)16-11(18-10)7-5-14-12(13)15-6-7/h2-6H,1H3,(H2,13,14,15). The van der Waals surface area contributed by atoms with Gasteiger partial charge in [0.05, 0.1) is 17.3 Å². The van der Waals surface area contributed by atoms with E-state index in [-0.39, 0.29) is 5.95 Å². The molecule has 0 aliphatic carbocycles. The van der Waals surface area contributed by atoms with Gasteiger partial charge in [0, 0.05) is 24.0 Å². The van der Waals surface area contributed by atoms with Crippen LogP contribution in [0.5, 0.6) is 5.75 Å². The van der Waals surface area contributed by atoms with Crippen LogP contribution >= 0.6 is 11.3 Å². The monoisotopic (exact) mass is 258 g/mol. The first-order valence-corrected chi connectivity index (χ1v) is 6.10. The van der Waals surface area contributed by atoms with Gasteiger partial charge in [0.1, 0.15) is 10.8 Å². The van der Waals surface area contributed by atoms with E-state index in [1.807, 2.05) is 18.2 Å². The molecule has 0 fully saturated rings. The van der Waals surface area contributed by atoms with Crippen molar-refractivity contribution >= 4 is 27.5 Å². The minimum absolute atomic E-state index is 0.265. The van der Waals surface area contributed by atoms with E-state index >= 15 is 0 Å². The number of rotatable bonds is 2. The lowest BCUT2D eigenvalue weighted by Gasteiger charge is -1.96. The summed E-state index contributed by atoms with van der Waals surface area (Å²) in [6.07, 6.45) is 3.36. The van der Waals surface area contributed by atoms with E-state index in [1.54, 1.807) is 30.8 Å². The second kappa shape index (κ2) is 4.23. The minimum Gasteiger partial charge on any atom is -0.497 e. The smallest absolute Gasteiger partial charge is 0.219 e. The number of fused-ring (bicyclic) bond motifs is 1. The van der Waals surface area contributed by atoms with Gasteiger partial charge in [0.25, 0.3) is 0 Å². The molecule has 3 rings (SSSR count). The van der Waals surface area contributed by atoms with Gasteiger partial charge in [-0.25, -0.2) is 15.0 Å². The van der Waals surface area contributed by atoms with Crippen molar-refractivity contribution in [3.63, 3.8) is 0 Å². The summed E-state index contributed by atoms with van der Waals surface area (Å²) in [7, 11) is 1.64. The number of ether oxygens (including phenoxy) is 1. The second-order valence-corrected chi connectivity index (χ2v) is 4.71. The molecule has 5 nitrogen and oxygen atoms in total. The molecular weight excluding hydrogens is 248 g/mol. The van der Waals surface area contributed by atoms with Crippen molar-refractivity contribution in [1.29, 1.82) is 0 Å². The van der Waals surface area contributed by atoms with Gasteiger partial charge >= 0.3 is 0 Å². The lowest BCUT2D eigenvalue weighted by Crippen LogP contribution is -1.93. The van der Waals surface area contributed by atoms with Gasteiger partial charge in [0.15, 0.2) is 0 Å². The van der Waals surface area contributed by atoms with Crippen molar-refractivity contribution in [3.8, 4) is 16.3 Å². The van der Waals surface area contributed by atoms with Crippen LogP contribution in [0.15, 0.2) is 30.6 Å². The average molecular weight is 258 g/mol. The van der Waals surface area contributed by atoms with Crippen molar-refractivity contribution in [1.82, 2.24) is 15.0 Å². The summed E-state index contributed by atoms with van der Waals surface area (Å²) in [6, 6.07) is 5.82. The Bertz CT molecular complexity index is 693. The Morgan fingerprint density at radius 1 is 1.22 bits per heavy atom. The molecular formula is C12H10N4OS. The number of anilines is 1. The van der Waals surface area contributed by atoms with Gasteiger partial charge in [0.2, 0.25) is 5.95 Å². The fourth-order valence-electron chi connectivity index (χ4n) is 1.61. The normalized spacial score (nSPS) is 10.7. The number of aromatic nitrogens is 3. The van der Waals surface area contributed by atoms with Crippen molar-refractivity contribution in [2.75, 3.05) is 12.8 Å². The van der Waals surface area contributed by atoms with Crippen LogP contribution < -0.4 is 10.5 Å². The molecule has 0 saturated carbocycles. The molecule has 0 atom stereocenters. The zero-order valence-electron chi connectivity index (χ0n) is 9.62. The molecule has 90 valence electrons. The predicted molar refractivity (Wildman–Crippen MR) is 71.6 cm³/mol.